The van der Waals surface area contributed by atoms with Crippen molar-refractivity contribution >= 4 is 0 Å². The van der Waals surface area contributed by atoms with Gasteiger partial charge in [-0.3, -0.25) is 4.79 Å². The maximum atomic E-state index is 12.4. The van der Waals surface area contributed by atoms with Crippen LogP contribution in [0.15, 0.2) is 16.9 Å². The molecule has 3 heteroatoms. The lowest BCUT2D eigenvalue weighted by Gasteiger charge is -2.26. The summed E-state index contributed by atoms with van der Waals surface area (Å²) < 4.78 is 1.59. The van der Waals surface area contributed by atoms with Crippen LogP contribution in [0.3, 0.4) is 0 Å². The number of rotatable bonds is 6. The van der Waals surface area contributed by atoms with Crippen molar-refractivity contribution in [2.75, 3.05) is 0 Å². The summed E-state index contributed by atoms with van der Waals surface area (Å²) in [5.74, 6) is 1.14. The molecule has 1 saturated carbocycles. The molecule has 1 fully saturated rings. The molecule has 0 bridgehead atoms. The smallest absolute Gasteiger partial charge is 0.283 e. The van der Waals surface area contributed by atoms with Gasteiger partial charge < -0.3 is 4.84 Å². The van der Waals surface area contributed by atoms with E-state index >= 15 is 0 Å². The zero-order valence-electron chi connectivity index (χ0n) is 14.6. The van der Waals surface area contributed by atoms with E-state index in [0.717, 1.165) is 24.1 Å². The van der Waals surface area contributed by atoms with Crippen LogP contribution in [-0.4, -0.2) is 10.8 Å². The first-order valence-corrected chi connectivity index (χ1v) is 8.88. The van der Waals surface area contributed by atoms with Gasteiger partial charge in [0.15, 0.2) is 0 Å². The summed E-state index contributed by atoms with van der Waals surface area (Å²) in [5.41, 5.74) is 2.11. The molecule has 2 rings (SSSR count). The van der Waals surface area contributed by atoms with Crippen LogP contribution in [0.5, 0.6) is 0 Å². The molecule has 0 aromatic carbocycles. The summed E-state index contributed by atoms with van der Waals surface area (Å²) in [7, 11) is 0. The molecule has 124 valence electrons. The van der Waals surface area contributed by atoms with Crippen LogP contribution in [0.25, 0.3) is 0 Å². The summed E-state index contributed by atoms with van der Waals surface area (Å²) >= 11 is 0. The second kappa shape index (κ2) is 7.85. The van der Waals surface area contributed by atoms with Crippen molar-refractivity contribution in [1.82, 2.24) is 4.73 Å². The van der Waals surface area contributed by atoms with Crippen molar-refractivity contribution in [3.8, 4) is 0 Å². The molecule has 1 atom stereocenters. The first-order chi connectivity index (χ1) is 10.5. The van der Waals surface area contributed by atoms with Crippen molar-refractivity contribution in [2.24, 2.45) is 5.92 Å². The molecule has 0 aliphatic heterocycles. The van der Waals surface area contributed by atoms with E-state index < -0.39 is 0 Å². The van der Waals surface area contributed by atoms with Crippen molar-refractivity contribution in [3.05, 3.63) is 33.7 Å². The van der Waals surface area contributed by atoms with Crippen LogP contribution >= 0.6 is 0 Å². The zero-order chi connectivity index (χ0) is 16.1. The SMILES string of the molecule is Cc1cc(C2CCCCC2)n(OC(C)CCC(C)C)c(=O)c1. The molecule has 1 aromatic heterocycles. The average Bonchev–Trinajstić information content (AvgIpc) is 2.48. The fourth-order valence-corrected chi connectivity index (χ4v) is 3.31. The van der Waals surface area contributed by atoms with Gasteiger partial charge in [-0.15, -0.1) is 4.73 Å². The molecule has 3 nitrogen and oxygen atoms in total. The van der Waals surface area contributed by atoms with Gasteiger partial charge in [-0.05, 0) is 57.1 Å². The highest BCUT2D eigenvalue weighted by Gasteiger charge is 2.21. The van der Waals surface area contributed by atoms with E-state index in [4.69, 9.17) is 4.84 Å². The number of hydrogen-bond acceptors (Lipinski definition) is 2. The number of hydrogen-bond donors (Lipinski definition) is 0. The molecule has 0 N–H and O–H groups in total. The standard InChI is InChI=1S/C19H31NO2/c1-14(2)10-11-16(4)22-20-18(12-15(3)13-19(20)21)17-8-6-5-7-9-17/h12-14,16-17H,5-11H2,1-4H3. The van der Waals surface area contributed by atoms with Gasteiger partial charge in [0.25, 0.3) is 5.56 Å². The van der Waals surface area contributed by atoms with E-state index in [1.165, 1.54) is 32.1 Å². The van der Waals surface area contributed by atoms with Gasteiger partial charge in [-0.2, -0.15) is 0 Å². The van der Waals surface area contributed by atoms with Crippen LogP contribution in [0.1, 0.15) is 82.9 Å². The third kappa shape index (κ3) is 4.62. The lowest BCUT2D eigenvalue weighted by atomic mass is 9.86. The van der Waals surface area contributed by atoms with E-state index in [2.05, 4.69) is 26.8 Å². The largest absolute Gasteiger partial charge is 0.408 e. The van der Waals surface area contributed by atoms with Crippen molar-refractivity contribution in [2.45, 2.75) is 84.7 Å². The molecule has 0 radical (unpaired) electrons. The van der Waals surface area contributed by atoms with E-state index in [0.29, 0.717) is 11.8 Å². The number of aromatic nitrogens is 1. The van der Waals surface area contributed by atoms with Crippen LogP contribution < -0.4 is 10.4 Å². The van der Waals surface area contributed by atoms with Crippen LogP contribution in [0.2, 0.25) is 0 Å². The summed E-state index contributed by atoms with van der Waals surface area (Å²) in [6.07, 6.45) is 8.37. The highest BCUT2D eigenvalue weighted by Crippen LogP contribution is 2.32. The Balaban J connectivity index is 2.19. The molecule has 22 heavy (non-hydrogen) atoms. The Morgan fingerprint density at radius 3 is 2.45 bits per heavy atom. The number of pyridine rings is 1. The molecule has 1 unspecified atom stereocenters. The second-order valence-electron chi connectivity index (χ2n) is 7.31. The molecule has 0 amide bonds. The Morgan fingerprint density at radius 2 is 1.82 bits per heavy atom. The van der Waals surface area contributed by atoms with Crippen LogP contribution in [0.4, 0.5) is 0 Å². The molecule has 1 heterocycles. The molecular formula is C19H31NO2. The Labute approximate surface area is 134 Å². The Bertz CT molecular complexity index is 527. The summed E-state index contributed by atoms with van der Waals surface area (Å²) in [4.78, 5) is 18.5. The van der Waals surface area contributed by atoms with Crippen molar-refractivity contribution < 1.29 is 4.84 Å². The minimum atomic E-state index is -0.0167. The highest BCUT2D eigenvalue weighted by molar-refractivity contribution is 5.19. The minimum absolute atomic E-state index is 0.0167. The van der Waals surface area contributed by atoms with Gasteiger partial charge in [0.05, 0.1) is 5.69 Å². The van der Waals surface area contributed by atoms with E-state index in [1.54, 1.807) is 10.8 Å². The predicted octanol–water partition coefficient (Wildman–Crippen LogP) is 4.46. The summed E-state index contributed by atoms with van der Waals surface area (Å²) in [5, 5.41) is 0. The topological polar surface area (TPSA) is 31.2 Å². The van der Waals surface area contributed by atoms with Crippen LogP contribution in [-0.2, 0) is 0 Å². The summed E-state index contributed by atoms with van der Waals surface area (Å²) in [6.45, 7) is 8.51. The second-order valence-corrected chi connectivity index (χ2v) is 7.31. The quantitative estimate of drug-likeness (QED) is 0.777. The van der Waals surface area contributed by atoms with E-state index in [1.807, 2.05) is 6.92 Å². The zero-order valence-corrected chi connectivity index (χ0v) is 14.6. The normalized spacial score (nSPS) is 17.7. The number of aryl methyl sites for hydroxylation is 1. The van der Waals surface area contributed by atoms with Gasteiger partial charge in [0.2, 0.25) is 0 Å². The monoisotopic (exact) mass is 305 g/mol. The Morgan fingerprint density at radius 1 is 1.14 bits per heavy atom. The highest BCUT2D eigenvalue weighted by atomic mass is 16.7. The molecule has 0 saturated heterocycles. The Hall–Kier alpha value is -1.25. The minimum Gasteiger partial charge on any atom is -0.408 e. The van der Waals surface area contributed by atoms with Gasteiger partial charge in [0.1, 0.15) is 6.10 Å². The average molecular weight is 305 g/mol. The van der Waals surface area contributed by atoms with Gasteiger partial charge in [-0.1, -0.05) is 33.1 Å². The first kappa shape index (κ1) is 17.1. The van der Waals surface area contributed by atoms with E-state index in [-0.39, 0.29) is 11.7 Å². The maximum absolute atomic E-state index is 12.4. The lowest BCUT2D eigenvalue weighted by molar-refractivity contribution is 0.0259. The molecule has 1 aliphatic carbocycles. The first-order valence-electron chi connectivity index (χ1n) is 8.88. The van der Waals surface area contributed by atoms with E-state index in [9.17, 15) is 4.79 Å². The van der Waals surface area contributed by atoms with Crippen molar-refractivity contribution in [3.63, 3.8) is 0 Å². The van der Waals surface area contributed by atoms with Gasteiger partial charge in [-0.25, -0.2) is 0 Å². The lowest BCUT2D eigenvalue weighted by Crippen LogP contribution is -2.35. The fraction of sp³-hybridized carbons (Fsp3) is 0.737. The third-order valence-corrected chi connectivity index (χ3v) is 4.62. The molecule has 1 aliphatic rings. The van der Waals surface area contributed by atoms with Crippen molar-refractivity contribution in [1.29, 1.82) is 0 Å². The van der Waals surface area contributed by atoms with Gasteiger partial charge in [0, 0.05) is 12.0 Å². The Kier molecular flexibility index (Phi) is 6.10. The fourth-order valence-electron chi connectivity index (χ4n) is 3.31. The predicted molar refractivity (Wildman–Crippen MR) is 91.4 cm³/mol. The van der Waals surface area contributed by atoms with Gasteiger partial charge >= 0.3 is 0 Å². The van der Waals surface area contributed by atoms with Crippen LogP contribution in [0, 0.1) is 12.8 Å². The summed E-state index contributed by atoms with van der Waals surface area (Å²) in [6, 6.07) is 3.83. The molecule has 1 aromatic rings. The molecular weight excluding hydrogens is 274 g/mol. The number of nitrogens with zero attached hydrogens (tertiary/aromatic N) is 1. The maximum Gasteiger partial charge on any atom is 0.283 e. The third-order valence-electron chi connectivity index (χ3n) is 4.62. The molecule has 0 spiro atoms.